The molecule has 1 rings (SSSR count). The second-order valence-electron chi connectivity index (χ2n) is 4.64. The number of halogens is 1. The summed E-state index contributed by atoms with van der Waals surface area (Å²) in [7, 11) is 1.79. The Balaban J connectivity index is 2.65. The van der Waals surface area contributed by atoms with Gasteiger partial charge in [0.1, 0.15) is 11.6 Å². The van der Waals surface area contributed by atoms with Gasteiger partial charge in [-0.2, -0.15) is 0 Å². The number of likely N-dealkylation sites (N-methyl/N-ethyl adjacent to an activating group) is 1. The molecule has 19 heavy (non-hydrogen) atoms. The van der Waals surface area contributed by atoms with E-state index in [1.807, 2.05) is 13.8 Å². The molecule has 0 radical (unpaired) electrons. The van der Waals surface area contributed by atoms with Crippen LogP contribution < -0.4 is 5.32 Å². The van der Waals surface area contributed by atoms with Gasteiger partial charge in [0, 0.05) is 24.2 Å². The predicted molar refractivity (Wildman–Crippen MR) is 72.4 cm³/mol. The van der Waals surface area contributed by atoms with Crippen molar-refractivity contribution in [1.29, 1.82) is 0 Å². The first-order chi connectivity index (χ1) is 8.95. The molecular formula is C14H21FN2O2. The van der Waals surface area contributed by atoms with Crippen molar-refractivity contribution in [3.63, 3.8) is 0 Å². The quantitative estimate of drug-likeness (QED) is 0.830. The summed E-state index contributed by atoms with van der Waals surface area (Å²) in [5, 5.41) is 12.5. The average Bonchev–Trinajstić information content (AvgIpc) is 2.35. The van der Waals surface area contributed by atoms with Gasteiger partial charge in [0.25, 0.3) is 0 Å². The van der Waals surface area contributed by atoms with Crippen molar-refractivity contribution in [2.75, 3.05) is 20.1 Å². The zero-order valence-electron chi connectivity index (χ0n) is 11.6. The van der Waals surface area contributed by atoms with Crippen LogP contribution in [0.5, 0.6) is 5.75 Å². The summed E-state index contributed by atoms with van der Waals surface area (Å²) < 4.78 is 12.9. The van der Waals surface area contributed by atoms with Crippen molar-refractivity contribution in [2.45, 2.75) is 26.3 Å². The first-order valence-electron chi connectivity index (χ1n) is 6.41. The monoisotopic (exact) mass is 268 g/mol. The van der Waals surface area contributed by atoms with Crippen molar-refractivity contribution in [3.8, 4) is 5.75 Å². The van der Waals surface area contributed by atoms with Gasteiger partial charge in [-0.15, -0.1) is 0 Å². The van der Waals surface area contributed by atoms with Crippen LogP contribution in [-0.2, 0) is 4.79 Å². The Labute approximate surface area is 113 Å². The molecule has 0 aromatic heterocycles. The maximum absolute atomic E-state index is 12.9. The van der Waals surface area contributed by atoms with Crippen LogP contribution in [0.4, 0.5) is 4.39 Å². The molecule has 106 valence electrons. The summed E-state index contributed by atoms with van der Waals surface area (Å²) in [6.07, 6.45) is 0.893. The van der Waals surface area contributed by atoms with Crippen LogP contribution in [0.2, 0.25) is 0 Å². The third-order valence-corrected chi connectivity index (χ3v) is 3.07. The minimum absolute atomic E-state index is 0.0576. The van der Waals surface area contributed by atoms with E-state index < -0.39 is 5.82 Å². The normalized spacial score (nSPS) is 12.5. The zero-order chi connectivity index (χ0) is 14.4. The standard InChI is InChI=1S/C14H21FN2O2/c1-4-7-16-14(19)9-17(3)10(2)12-6-5-11(15)8-13(12)18/h5-6,8,10,18H,4,7,9H2,1-3H3,(H,16,19). The minimum atomic E-state index is -0.475. The van der Waals surface area contributed by atoms with E-state index >= 15 is 0 Å². The molecule has 2 N–H and O–H groups in total. The molecule has 0 heterocycles. The number of rotatable bonds is 6. The predicted octanol–water partition coefficient (Wildman–Crippen LogP) is 2.05. The van der Waals surface area contributed by atoms with E-state index in [1.54, 1.807) is 11.9 Å². The minimum Gasteiger partial charge on any atom is -0.508 e. The number of aromatic hydroxyl groups is 1. The summed E-state index contributed by atoms with van der Waals surface area (Å²) in [6.45, 7) is 4.74. The number of hydrogen-bond donors (Lipinski definition) is 2. The molecule has 0 saturated carbocycles. The van der Waals surface area contributed by atoms with E-state index in [0.717, 1.165) is 12.5 Å². The maximum Gasteiger partial charge on any atom is 0.234 e. The van der Waals surface area contributed by atoms with Gasteiger partial charge in [-0.25, -0.2) is 4.39 Å². The number of phenolic OH excluding ortho intramolecular Hbond substituents is 1. The van der Waals surface area contributed by atoms with E-state index in [0.29, 0.717) is 12.1 Å². The lowest BCUT2D eigenvalue weighted by atomic mass is 10.1. The van der Waals surface area contributed by atoms with Crippen LogP contribution in [0.25, 0.3) is 0 Å². The molecule has 0 saturated heterocycles. The van der Waals surface area contributed by atoms with E-state index in [2.05, 4.69) is 5.32 Å². The third kappa shape index (κ3) is 4.52. The number of amides is 1. The topological polar surface area (TPSA) is 52.6 Å². The number of hydrogen-bond acceptors (Lipinski definition) is 3. The van der Waals surface area contributed by atoms with Gasteiger partial charge >= 0.3 is 0 Å². The Morgan fingerprint density at radius 1 is 1.53 bits per heavy atom. The van der Waals surface area contributed by atoms with Crippen molar-refractivity contribution in [3.05, 3.63) is 29.6 Å². The fraction of sp³-hybridized carbons (Fsp3) is 0.500. The zero-order valence-corrected chi connectivity index (χ0v) is 11.6. The van der Waals surface area contributed by atoms with Crippen molar-refractivity contribution in [2.24, 2.45) is 0 Å². The van der Waals surface area contributed by atoms with Crippen LogP contribution >= 0.6 is 0 Å². The van der Waals surface area contributed by atoms with E-state index in [9.17, 15) is 14.3 Å². The molecule has 0 aliphatic carbocycles. The van der Waals surface area contributed by atoms with Crippen LogP contribution in [-0.4, -0.2) is 36.1 Å². The van der Waals surface area contributed by atoms with Gasteiger partial charge in [0.15, 0.2) is 0 Å². The Bertz CT molecular complexity index is 437. The van der Waals surface area contributed by atoms with Gasteiger partial charge in [-0.1, -0.05) is 13.0 Å². The molecule has 1 aromatic carbocycles. The summed E-state index contributed by atoms with van der Waals surface area (Å²) >= 11 is 0. The highest BCUT2D eigenvalue weighted by Gasteiger charge is 2.17. The van der Waals surface area contributed by atoms with E-state index in [-0.39, 0.29) is 24.2 Å². The molecule has 0 fully saturated rings. The van der Waals surface area contributed by atoms with Gasteiger partial charge in [-0.05, 0) is 26.5 Å². The second kappa shape index (κ2) is 7.09. The smallest absolute Gasteiger partial charge is 0.234 e. The summed E-state index contributed by atoms with van der Waals surface area (Å²) in [6, 6.07) is 3.75. The lowest BCUT2D eigenvalue weighted by Crippen LogP contribution is -2.36. The van der Waals surface area contributed by atoms with Gasteiger partial charge < -0.3 is 10.4 Å². The summed E-state index contributed by atoms with van der Waals surface area (Å²) in [5.41, 5.74) is 0.604. The largest absolute Gasteiger partial charge is 0.508 e. The van der Waals surface area contributed by atoms with Gasteiger partial charge in [0.05, 0.1) is 6.54 Å². The molecule has 0 aliphatic rings. The molecule has 1 atom stereocenters. The second-order valence-corrected chi connectivity index (χ2v) is 4.64. The Morgan fingerprint density at radius 3 is 2.79 bits per heavy atom. The first kappa shape index (κ1) is 15.4. The van der Waals surface area contributed by atoms with Crippen LogP contribution in [0.3, 0.4) is 0 Å². The number of nitrogens with zero attached hydrogens (tertiary/aromatic N) is 1. The lowest BCUT2D eigenvalue weighted by Gasteiger charge is -2.25. The fourth-order valence-corrected chi connectivity index (χ4v) is 1.79. The van der Waals surface area contributed by atoms with Crippen LogP contribution in [0, 0.1) is 5.82 Å². The molecule has 5 heteroatoms. The average molecular weight is 268 g/mol. The molecule has 0 aliphatic heterocycles. The number of nitrogens with one attached hydrogen (secondary N) is 1. The third-order valence-electron chi connectivity index (χ3n) is 3.07. The Hall–Kier alpha value is -1.62. The summed E-state index contributed by atoms with van der Waals surface area (Å²) in [4.78, 5) is 13.4. The van der Waals surface area contributed by atoms with E-state index in [1.165, 1.54) is 12.1 Å². The van der Waals surface area contributed by atoms with Crippen molar-refractivity contribution in [1.82, 2.24) is 10.2 Å². The number of carbonyl (C=O) groups is 1. The molecule has 0 bridgehead atoms. The van der Waals surface area contributed by atoms with Gasteiger partial charge in [0.2, 0.25) is 5.91 Å². The van der Waals surface area contributed by atoms with Crippen LogP contribution in [0.15, 0.2) is 18.2 Å². The van der Waals surface area contributed by atoms with Gasteiger partial charge in [-0.3, -0.25) is 9.69 Å². The number of carbonyl (C=O) groups excluding carboxylic acids is 1. The number of benzene rings is 1. The highest BCUT2D eigenvalue weighted by Crippen LogP contribution is 2.27. The SMILES string of the molecule is CCCNC(=O)CN(C)C(C)c1ccc(F)cc1O. The van der Waals surface area contributed by atoms with E-state index in [4.69, 9.17) is 0 Å². The van der Waals surface area contributed by atoms with Crippen LogP contribution in [0.1, 0.15) is 31.9 Å². The number of phenols is 1. The fourth-order valence-electron chi connectivity index (χ4n) is 1.79. The maximum atomic E-state index is 12.9. The highest BCUT2D eigenvalue weighted by molar-refractivity contribution is 5.78. The molecule has 1 amide bonds. The highest BCUT2D eigenvalue weighted by atomic mass is 19.1. The van der Waals surface area contributed by atoms with Crippen molar-refractivity contribution < 1.29 is 14.3 Å². The molecular weight excluding hydrogens is 247 g/mol. The lowest BCUT2D eigenvalue weighted by molar-refractivity contribution is -0.122. The molecule has 1 aromatic rings. The molecule has 0 spiro atoms. The summed E-state index contributed by atoms with van der Waals surface area (Å²) in [5.74, 6) is -0.622. The van der Waals surface area contributed by atoms with Crippen molar-refractivity contribution >= 4 is 5.91 Å². The first-order valence-corrected chi connectivity index (χ1v) is 6.41. The Kier molecular flexibility index (Phi) is 5.76. The Morgan fingerprint density at radius 2 is 2.21 bits per heavy atom. The molecule has 4 nitrogen and oxygen atoms in total. The molecule has 1 unspecified atom stereocenters.